The van der Waals surface area contributed by atoms with Crippen LogP contribution in [0.25, 0.3) is 0 Å². The SMILES string of the molecule is c1ccc(OCc2noc([C@H]3CCCN3)n2)cc1. The zero-order valence-corrected chi connectivity index (χ0v) is 10.0. The van der Waals surface area contributed by atoms with Crippen molar-refractivity contribution in [1.82, 2.24) is 15.5 Å². The predicted molar refractivity (Wildman–Crippen MR) is 65.0 cm³/mol. The van der Waals surface area contributed by atoms with Gasteiger partial charge in [-0.25, -0.2) is 0 Å². The molecule has 1 aromatic carbocycles. The van der Waals surface area contributed by atoms with Gasteiger partial charge in [-0.05, 0) is 31.5 Å². The molecule has 18 heavy (non-hydrogen) atoms. The summed E-state index contributed by atoms with van der Waals surface area (Å²) in [7, 11) is 0. The summed E-state index contributed by atoms with van der Waals surface area (Å²) in [4.78, 5) is 4.34. The molecule has 1 aliphatic rings. The highest BCUT2D eigenvalue weighted by atomic mass is 16.5. The first-order valence-corrected chi connectivity index (χ1v) is 6.15. The van der Waals surface area contributed by atoms with Gasteiger partial charge < -0.3 is 14.6 Å². The highest BCUT2D eigenvalue weighted by molar-refractivity contribution is 5.20. The number of rotatable bonds is 4. The van der Waals surface area contributed by atoms with Crippen LogP contribution in [0.4, 0.5) is 0 Å². The zero-order chi connectivity index (χ0) is 12.2. The van der Waals surface area contributed by atoms with Gasteiger partial charge in [0.2, 0.25) is 11.7 Å². The number of benzene rings is 1. The highest BCUT2D eigenvalue weighted by Crippen LogP contribution is 2.21. The highest BCUT2D eigenvalue weighted by Gasteiger charge is 2.22. The van der Waals surface area contributed by atoms with E-state index in [4.69, 9.17) is 9.26 Å². The number of hydrogen-bond donors (Lipinski definition) is 1. The Morgan fingerprint density at radius 1 is 1.33 bits per heavy atom. The molecule has 0 amide bonds. The molecule has 0 bridgehead atoms. The molecule has 1 N–H and O–H groups in total. The number of nitrogens with zero attached hydrogens (tertiary/aromatic N) is 2. The molecule has 0 radical (unpaired) electrons. The molecule has 2 aromatic rings. The number of para-hydroxylation sites is 1. The fourth-order valence-corrected chi connectivity index (χ4v) is 2.03. The first-order chi connectivity index (χ1) is 8.92. The maximum atomic E-state index is 5.56. The molecule has 2 heterocycles. The molecule has 94 valence electrons. The summed E-state index contributed by atoms with van der Waals surface area (Å²) >= 11 is 0. The molecule has 1 aliphatic heterocycles. The lowest BCUT2D eigenvalue weighted by atomic mass is 10.2. The maximum Gasteiger partial charge on any atom is 0.243 e. The van der Waals surface area contributed by atoms with Gasteiger partial charge in [0.1, 0.15) is 5.75 Å². The van der Waals surface area contributed by atoms with Crippen LogP contribution in [0.15, 0.2) is 34.9 Å². The molecule has 0 unspecified atom stereocenters. The minimum absolute atomic E-state index is 0.211. The lowest BCUT2D eigenvalue weighted by Gasteiger charge is -2.02. The van der Waals surface area contributed by atoms with Crippen molar-refractivity contribution in [2.24, 2.45) is 0 Å². The van der Waals surface area contributed by atoms with Gasteiger partial charge >= 0.3 is 0 Å². The molecule has 5 heteroatoms. The van der Waals surface area contributed by atoms with E-state index >= 15 is 0 Å². The number of nitrogens with one attached hydrogen (secondary N) is 1. The number of ether oxygens (including phenoxy) is 1. The quantitative estimate of drug-likeness (QED) is 0.893. The zero-order valence-electron chi connectivity index (χ0n) is 10.0. The van der Waals surface area contributed by atoms with Gasteiger partial charge in [0.25, 0.3) is 0 Å². The van der Waals surface area contributed by atoms with E-state index in [0.717, 1.165) is 25.1 Å². The smallest absolute Gasteiger partial charge is 0.243 e. The van der Waals surface area contributed by atoms with Gasteiger partial charge in [-0.15, -0.1) is 0 Å². The Bertz CT molecular complexity index is 492. The topological polar surface area (TPSA) is 60.2 Å². The normalized spacial score (nSPS) is 19.0. The minimum Gasteiger partial charge on any atom is -0.485 e. The third kappa shape index (κ3) is 2.51. The summed E-state index contributed by atoms with van der Waals surface area (Å²) in [5.41, 5.74) is 0. The Labute approximate surface area is 105 Å². The van der Waals surface area contributed by atoms with Crippen molar-refractivity contribution in [2.45, 2.75) is 25.5 Å². The molecule has 1 atom stereocenters. The second-order valence-electron chi connectivity index (χ2n) is 4.30. The van der Waals surface area contributed by atoms with Gasteiger partial charge in [-0.3, -0.25) is 0 Å². The van der Waals surface area contributed by atoms with Crippen LogP contribution in [0.1, 0.15) is 30.6 Å². The molecule has 0 aliphatic carbocycles. The summed E-state index contributed by atoms with van der Waals surface area (Å²) < 4.78 is 10.8. The van der Waals surface area contributed by atoms with Crippen LogP contribution in [0.2, 0.25) is 0 Å². The van der Waals surface area contributed by atoms with Crippen molar-refractivity contribution >= 4 is 0 Å². The second-order valence-corrected chi connectivity index (χ2v) is 4.30. The fourth-order valence-electron chi connectivity index (χ4n) is 2.03. The predicted octanol–water partition coefficient (Wildman–Crippen LogP) is 2.07. The molecule has 0 saturated carbocycles. The first-order valence-electron chi connectivity index (χ1n) is 6.15. The second kappa shape index (κ2) is 5.18. The Hall–Kier alpha value is -1.88. The Kier molecular flexibility index (Phi) is 3.23. The lowest BCUT2D eigenvalue weighted by Crippen LogP contribution is -2.13. The van der Waals surface area contributed by atoms with E-state index in [9.17, 15) is 0 Å². The van der Waals surface area contributed by atoms with Gasteiger partial charge in [0, 0.05) is 0 Å². The van der Waals surface area contributed by atoms with E-state index in [1.807, 2.05) is 30.3 Å². The van der Waals surface area contributed by atoms with E-state index < -0.39 is 0 Å². The van der Waals surface area contributed by atoms with Crippen molar-refractivity contribution in [3.63, 3.8) is 0 Å². The summed E-state index contributed by atoms with van der Waals surface area (Å²) in [6, 6.07) is 9.83. The molecule has 5 nitrogen and oxygen atoms in total. The van der Waals surface area contributed by atoms with Crippen LogP contribution in [-0.4, -0.2) is 16.7 Å². The molecule has 1 saturated heterocycles. The van der Waals surface area contributed by atoms with Crippen molar-refractivity contribution in [2.75, 3.05) is 6.54 Å². The van der Waals surface area contributed by atoms with Gasteiger partial charge in [0.05, 0.1) is 6.04 Å². The standard InChI is InChI=1S/C13H15N3O2/c1-2-5-10(6-3-1)17-9-12-15-13(18-16-12)11-7-4-8-14-11/h1-3,5-6,11,14H,4,7-9H2/t11-/m1/s1. The van der Waals surface area contributed by atoms with E-state index in [1.54, 1.807) is 0 Å². The van der Waals surface area contributed by atoms with Crippen molar-refractivity contribution in [1.29, 1.82) is 0 Å². The molecule has 1 aromatic heterocycles. The third-order valence-electron chi connectivity index (χ3n) is 2.95. The summed E-state index contributed by atoms with van der Waals surface area (Å²) in [6.45, 7) is 1.35. The fraction of sp³-hybridized carbons (Fsp3) is 0.385. The summed E-state index contributed by atoms with van der Waals surface area (Å²) in [5.74, 6) is 2.06. The van der Waals surface area contributed by atoms with Crippen LogP contribution in [0.5, 0.6) is 5.75 Å². The van der Waals surface area contributed by atoms with E-state index in [0.29, 0.717) is 18.3 Å². The first kappa shape index (κ1) is 11.2. The van der Waals surface area contributed by atoms with Crippen LogP contribution < -0.4 is 10.1 Å². The number of hydrogen-bond acceptors (Lipinski definition) is 5. The van der Waals surface area contributed by atoms with Gasteiger partial charge in [-0.1, -0.05) is 23.4 Å². The average molecular weight is 245 g/mol. The number of aromatic nitrogens is 2. The summed E-state index contributed by atoms with van der Waals surface area (Å²) in [6.07, 6.45) is 2.21. The lowest BCUT2D eigenvalue weighted by molar-refractivity contribution is 0.283. The molecular weight excluding hydrogens is 230 g/mol. The average Bonchev–Trinajstić information content (AvgIpc) is 3.08. The van der Waals surface area contributed by atoms with Crippen LogP contribution >= 0.6 is 0 Å². The minimum atomic E-state index is 0.211. The van der Waals surface area contributed by atoms with Crippen LogP contribution in [0, 0.1) is 0 Å². The van der Waals surface area contributed by atoms with Crippen molar-refractivity contribution in [3.05, 3.63) is 42.0 Å². The summed E-state index contributed by atoms with van der Waals surface area (Å²) in [5, 5.41) is 7.25. The Morgan fingerprint density at radius 3 is 3.00 bits per heavy atom. The van der Waals surface area contributed by atoms with Crippen molar-refractivity contribution < 1.29 is 9.26 Å². The third-order valence-corrected chi connectivity index (χ3v) is 2.95. The van der Waals surface area contributed by atoms with E-state index in [1.165, 1.54) is 0 Å². The Balaban J connectivity index is 1.60. The largest absolute Gasteiger partial charge is 0.485 e. The molecule has 0 spiro atoms. The van der Waals surface area contributed by atoms with Crippen molar-refractivity contribution in [3.8, 4) is 5.75 Å². The Morgan fingerprint density at radius 2 is 2.22 bits per heavy atom. The maximum absolute atomic E-state index is 5.56. The molecule has 3 rings (SSSR count). The van der Waals surface area contributed by atoms with Crippen LogP contribution in [-0.2, 0) is 6.61 Å². The van der Waals surface area contributed by atoms with E-state index in [-0.39, 0.29) is 6.04 Å². The van der Waals surface area contributed by atoms with Gasteiger partial charge in [0.15, 0.2) is 6.61 Å². The van der Waals surface area contributed by atoms with Crippen LogP contribution in [0.3, 0.4) is 0 Å². The molecular formula is C13H15N3O2. The molecule has 1 fully saturated rings. The van der Waals surface area contributed by atoms with Gasteiger partial charge in [-0.2, -0.15) is 4.98 Å². The monoisotopic (exact) mass is 245 g/mol. The van der Waals surface area contributed by atoms with E-state index in [2.05, 4.69) is 15.5 Å².